The van der Waals surface area contributed by atoms with Crippen molar-refractivity contribution < 1.29 is 0 Å². The summed E-state index contributed by atoms with van der Waals surface area (Å²) in [4.78, 5) is 0. The second-order valence-electron chi connectivity index (χ2n) is 4.97. The van der Waals surface area contributed by atoms with Gasteiger partial charge in [0.2, 0.25) is 0 Å². The molecule has 0 unspecified atom stereocenters. The van der Waals surface area contributed by atoms with E-state index < -0.39 is 0 Å². The van der Waals surface area contributed by atoms with Gasteiger partial charge in [-0.05, 0) is 42.8 Å². The van der Waals surface area contributed by atoms with Crippen LogP contribution in [-0.4, -0.2) is 12.4 Å². The van der Waals surface area contributed by atoms with Crippen molar-refractivity contribution >= 4 is 12.4 Å². The molecule has 2 aromatic carbocycles. The van der Waals surface area contributed by atoms with E-state index in [1.54, 1.807) is 0 Å². The molecule has 0 aliphatic rings. The summed E-state index contributed by atoms with van der Waals surface area (Å²) in [6, 6.07) is 20.7. The fraction of sp³-hybridized carbons (Fsp3) is 0.222. The van der Waals surface area contributed by atoms with Crippen molar-refractivity contribution in [1.29, 1.82) is 10.8 Å². The Hall–Kier alpha value is -2.22. The fourth-order valence-electron chi connectivity index (χ4n) is 2.80. The summed E-state index contributed by atoms with van der Waals surface area (Å²) in [6.07, 6.45) is 5.18. The summed E-state index contributed by atoms with van der Waals surface area (Å²) in [5, 5.41) is 15.0. The second kappa shape index (κ2) is 6.80. The molecule has 0 aromatic heterocycles. The first-order valence-electron chi connectivity index (χ1n) is 6.92. The van der Waals surface area contributed by atoms with Gasteiger partial charge in [-0.1, -0.05) is 60.7 Å². The first kappa shape index (κ1) is 14.2. The Labute approximate surface area is 120 Å². The smallest absolute Gasteiger partial charge is 0.0255 e. The van der Waals surface area contributed by atoms with Gasteiger partial charge in [-0.15, -0.1) is 0 Å². The van der Waals surface area contributed by atoms with Crippen LogP contribution in [0.1, 0.15) is 30.4 Å². The Morgan fingerprint density at radius 1 is 0.750 bits per heavy atom. The summed E-state index contributed by atoms with van der Waals surface area (Å²) < 4.78 is 0. The molecule has 0 radical (unpaired) electrons. The number of benzene rings is 2. The van der Waals surface area contributed by atoms with E-state index in [9.17, 15) is 0 Å². The lowest BCUT2D eigenvalue weighted by Crippen LogP contribution is -2.28. The molecule has 102 valence electrons. The third kappa shape index (κ3) is 2.85. The van der Waals surface area contributed by atoms with Crippen molar-refractivity contribution in [3.8, 4) is 0 Å². The molecule has 0 bridgehead atoms. The van der Waals surface area contributed by atoms with E-state index >= 15 is 0 Å². The molecule has 0 aliphatic heterocycles. The Morgan fingerprint density at radius 2 is 1.25 bits per heavy atom. The molecule has 0 atom stereocenters. The summed E-state index contributed by atoms with van der Waals surface area (Å²) in [5.41, 5.74) is 2.23. The van der Waals surface area contributed by atoms with Gasteiger partial charge < -0.3 is 10.8 Å². The molecule has 2 N–H and O–H groups in total. The summed E-state index contributed by atoms with van der Waals surface area (Å²) in [7, 11) is 0. The highest BCUT2D eigenvalue weighted by atomic mass is 14.4. The minimum atomic E-state index is -0.207. The molecule has 0 saturated heterocycles. The minimum Gasteiger partial charge on any atom is -0.313 e. The fourth-order valence-corrected chi connectivity index (χ4v) is 2.80. The van der Waals surface area contributed by atoms with Crippen molar-refractivity contribution in [2.75, 3.05) is 0 Å². The summed E-state index contributed by atoms with van der Waals surface area (Å²) >= 11 is 0. The highest BCUT2D eigenvalue weighted by molar-refractivity contribution is 5.61. The van der Waals surface area contributed by atoms with E-state index in [1.807, 2.05) is 36.4 Å². The van der Waals surface area contributed by atoms with Gasteiger partial charge in [-0.3, -0.25) is 0 Å². The first-order valence-corrected chi connectivity index (χ1v) is 6.92. The van der Waals surface area contributed by atoms with Gasteiger partial charge in [-0.2, -0.15) is 0 Å². The molecule has 2 aromatic rings. The zero-order valence-electron chi connectivity index (χ0n) is 11.5. The Balaban J connectivity index is 2.55. The molecular weight excluding hydrogens is 244 g/mol. The van der Waals surface area contributed by atoms with Gasteiger partial charge in [0.25, 0.3) is 0 Å². The molecule has 2 rings (SSSR count). The van der Waals surface area contributed by atoms with Crippen LogP contribution in [0.5, 0.6) is 0 Å². The van der Waals surface area contributed by atoms with Crippen LogP contribution in [0.4, 0.5) is 0 Å². The molecule has 2 nitrogen and oxygen atoms in total. The van der Waals surface area contributed by atoms with E-state index in [-0.39, 0.29) is 5.41 Å². The first-order chi connectivity index (χ1) is 9.83. The number of nitrogens with one attached hydrogen (secondary N) is 2. The van der Waals surface area contributed by atoms with Crippen molar-refractivity contribution in [1.82, 2.24) is 0 Å². The minimum absolute atomic E-state index is 0.207. The summed E-state index contributed by atoms with van der Waals surface area (Å²) in [5.74, 6) is 0. The monoisotopic (exact) mass is 264 g/mol. The molecule has 0 saturated carbocycles. The topological polar surface area (TPSA) is 47.7 Å². The SMILES string of the molecule is N=CCCC(CC=N)(c1ccccc1)c1ccccc1. The normalized spacial score (nSPS) is 11.0. The Bertz CT molecular complexity index is 507. The lowest BCUT2D eigenvalue weighted by atomic mass is 9.69. The number of rotatable bonds is 7. The van der Waals surface area contributed by atoms with Gasteiger partial charge in [0.05, 0.1) is 0 Å². The van der Waals surface area contributed by atoms with Crippen LogP contribution in [-0.2, 0) is 5.41 Å². The highest BCUT2D eigenvalue weighted by Gasteiger charge is 2.32. The van der Waals surface area contributed by atoms with Crippen LogP contribution in [0.3, 0.4) is 0 Å². The van der Waals surface area contributed by atoms with Gasteiger partial charge >= 0.3 is 0 Å². The molecular formula is C18H20N2. The second-order valence-corrected chi connectivity index (χ2v) is 4.97. The molecule has 0 fully saturated rings. The van der Waals surface area contributed by atoms with Crippen LogP contribution in [0.2, 0.25) is 0 Å². The molecule has 0 spiro atoms. The molecule has 0 amide bonds. The Morgan fingerprint density at radius 3 is 1.65 bits per heavy atom. The van der Waals surface area contributed by atoms with E-state index in [4.69, 9.17) is 10.8 Å². The maximum absolute atomic E-state index is 7.61. The lowest BCUT2D eigenvalue weighted by Gasteiger charge is -2.34. The van der Waals surface area contributed by atoms with E-state index in [2.05, 4.69) is 24.3 Å². The van der Waals surface area contributed by atoms with Crippen molar-refractivity contribution in [2.45, 2.75) is 24.7 Å². The average Bonchev–Trinajstić information content (AvgIpc) is 2.53. The van der Waals surface area contributed by atoms with Gasteiger partial charge in [0, 0.05) is 5.41 Å². The van der Waals surface area contributed by atoms with Crippen LogP contribution >= 0.6 is 0 Å². The van der Waals surface area contributed by atoms with Crippen molar-refractivity contribution in [3.05, 3.63) is 71.8 Å². The zero-order chi connectivity index (χ0) is 14.3. The number of hydrogen-bond acceptors (Lipinski definition) is 2. The lowest BCUT2D eigenvalue weighted by molar-refractivity contribution is 0.504. The van der Waals surface area contributed by atoms with Crippen LogP contribution in [0, 0.1) is 10.8 Å². The van der Waals surface area contributed by atoms with Gasteiger partial charge in [-0.25, -0.2) is 0 Å². The maximum Gasteiger partial charge on any atom is 0.0255 e. The van der Waals surface area contributed by atoms with Crippen LogP contribution < -0.4 is 0 Å². The molecule has 20 heavy (non-hydrogen) atoms. The van der Waals surface area contributed by atoms with E-state index in [1.165, 1.54) is 23.6 Å². The summed E-state index contributed by atoms with van der Waals surface area (Å²) in [6.45, 7) is 0. The average molecular weight is 264 g/mol. The third-order valence-electron chi connectivity index (χ3n) is 3.82. The zero-order valence-corrected chi connectivity index (χ0v) is 11.5. The predicted octanol–water partition coefficient (Wildman–Crippen LogP) is 4.44. The highest BCUT2D eigenvalue weighted by Crippen LogP contribution is 2.39. The van der Waals surface area contributed by atoms with Gasteiger partial charge in [0.15, 0.2) is 0 Å². The number of hydrogen-bond donors (Lipinski definition) is 2. The van der Waals surface area contributed by atoms with E-state index in [0.29, 0.717) is 6.42 Å². The third-order valence-corrected chi connectivity index (χ3v) is 3.82. The molecule has 2 heteroatoms. The predicted molar refractivity (Wildman–Crippen MR) is 85.1 cm³/mol. The van der Waals surface area contributed by atoms with Crippen LogP contribution in [0.15, 0.2) is 60.7 Å². The van der Waals surface area contributed by atoms with E-state index in [0.717, 1.165) is 12.8 Å². The largest absolute Gasteiger partial charge is 0.313 e. The van der Waals surface area contributed by atoms with Crippen LogP contribution in [0.25, 0.3) is 0 Å². The standard InChI is InChI=1S/C18H20N2/c19-14-7-12-18(13-15-20,16-8-3-1-4-9-16)17-10-5-2-6-11-17/h1-6,8-11,14-15,19-20H,7,12-13H2. The Kier molecular flexibility index (Phi) is 4.83. The quantitative estimate of drug-likeness (QED) is 0.694. The van der Waals surface area contributed by atoms with Gasteiger partial charge in [0.1, 0.15) is 0 Å². The molecule has 0 aliphatic carbocycles. The maximum atomic E-state index is 7.61. The molecule has 0 heterocycles. The van der Waals surface area contributed by atoms with Crippen molar-refractivity contribution in [2.24, 2.45) is 0 Å². The van der Waals surface area contributed by atoms with Crippen molar-refractivity contribution in [3.63, 3.8) is 0 Å².